The van der Waals surface area contributed by atoms with E-state index in [4.69, 9.17) is 4.74 Å². The lowest BCUT2D eigenvalue weighted by atomic mass is 9.99. The van der Waals surface area contributed by atoms with Crippen molar-refractivity contribution in [3.05, 3.63) is 22.5 Å². The van der Waals surface area contributed by atoms with Gasteiger partial charge in [0.2, 0.25) is 0 Å². The lowest BCUT2D eigenvalue weighted by molar-refractivity contribution is 0.0167. The maximum Gasteiger partial charge on any atom is 0.355 e. The molecule has 0 radical (unpaired) electrons. The van der Waals surface area contributed by atoms with Gasteiger partial charge in [0, 0.05) is 16.6 Å². The summed E-state index contributed by atoms with van der Waals surface area (Å²) in [6, 6.07) is 0. The van der Waals surface area contributed by atoms with Crippen LogP contribution in [0.15, 0.2) is 0 Å². The molecule has 2 atom stereocenters. The number of aliphatic hydroxyl groups excluding tert-OH is 2. The van der Waals surface area contributed by atoms with Gasteiger partial charge in [-0.05, 0) is 32.8 Å². The number of ether oxygens (including phenoxy) is 1. The van der Waals surface area contributed by atoms with Gasteiger partial charge in [-0.25, -0.2) is 4.79 Å². The molecule has 0 bridgehead atoms. The Bertz CT molecular complexity index is 444. The molecule has 0 aromatic carbocycles. The van der Waals surface area contributed by atoms with Gasteiger partial charge in [0.15, 0.2) is 0 Å². The van der Waals surface area contributed by atoms with Gasteiger partial charge in [-0.3, -0.25) is 0 Å². The molecule has 0 spiro atoms. The van der Waals surface area contributed by atoms with E-state index in [0.29, 0.717) is 40.9 Å². The van der Waals surface area contributed by atoms with Gasteiger partial charge in [0.05, 0.1) is 12.7 Å². The van der Waals surface area contributed by atoms with Crippen molar-refractivity contribution in [2.45, 2.75) is 39.4 Å². The highest BCUT2D eigenvalue weighted by atomic mass is 79.9. The second kappa shape index (κ2) is 7.07. The van der Waals surface area contributed by atoms with Crippen LogP contribution in [0.1, 0.15) is 46.8 Å². The van der Waals surface area contributed by atoms with E-state index < -0.39 is 18.2 Å². The maximum absolute atomic E-state index is 11.7. The van der Waals surface area contributed by atoms with Gasteiger partial charge >= 0.3 is 5.97 Å². The molecule has 1 heterocycles. The highest BCUT2D eigenvalue weighted by Gasteiger charge is 2.26. The molecule has 0 aliphatic carbocycles. The van der Waals surface area contributed by atoms with E-state index in [1.54, 1.807) is 20.8 Å². The molecule has 19 heavy (non-hydrogen) atoms. The van der Waals surface area contributed by atoms with Crippen molar-refractivity contribution in [2.75, 3.05) is 11.9 Å². The summed E-state index contributed by atoms with van der Waals surface area (Å²) >= 11 is 3.22. The number of hydrogen-bond donors (Lipinski definition) is 3. The third kappa shape index (κ3) is 3.58. The fraction of sp³-hybridized carbons (Fsp3) is 0.615. The van der Waals surface area contributed by atoms with Gasteiger partial charge < -0.3 is 19.9 Å². The summed E-state index contributed by atoms with van der Waals surface area (Å²) in [7, 11) is 0. The van der Waals surface area contributed by atoms with Crippen LogP contribution < -0.4 is 0 Å². The highest BCUT2D eigenvalue weighted by molar-refractivity contribution is 9.09. The lowest BCUT2D eigenvalue weighted by Crippen LogP contribution is -2.19. The molecule has 1 aromatic rings. The molecular formula is C13H20BrNO4. The van der Waals surface area contributed by atoms with E-state index in [2.05, 4.69) is 20.9 Å². The first kappa shape index (κ1) is 16.2. The minimum atomic E-state index is -1.02. The van der Waals surface area contributed by atoms with Crippen molar-refractivity contribution in [3.8, 4) is 0 Å². The zero-order valence-corrected chi connectivity index (χ0v) is 13.0. The Labute approximate surface area is 121 Å². The Morgan fingerprint density at radius 2 is 2.05 bits per heavy atom. The molecule has 108 valence electrons. The molecule has 0 saturated heterocycles. The quantitative estimate of drug-likeness (QED) is 0.549. The number of aryl methyl sites for hydroxylation is 1. The molecule has 1 aromatic heterocycles. The number of esters is 1. The van der Waals surface area contributed by atoms with Crippen LogP contribution in [0.4, 0.5) is 0 Å². The van der Waals surface area contributed by atoms with Crippen molar-refractivity contribution < 1.29 is 19.7 Å². The fourth-order valence-electron chi connectivity index (χ4n) is 2.08. The third-order valence-electron chi connectivity index (χ3n) is 3.04. The Morgan fingerprint density at radius 3 is 2.58 bits per heavy atom. The number of rotatable bonds is 6. The van der Waals surface area contributed by atoms with Gasteiger partial charge in [0.25, 0.3) is 0 Å². The van der Waals surface area contributed by atoms with Crippen molar-refractivity contribution >= 4 is 21.9 Å². The second-order valence-electron chi connectivity index (χ2n) is 4.37. The average Bonchev–Trinajstić information content (AvgIpc) is 2.65. The number of halogens is 1. The van der Waals surface area contributed by atoms with E-state index in [-0.39, 0.29) is 0 Å². The fourth-order valence-corrected chi connectivity index (χ4v) is 2.55. The molecule has 0 aliphatic heterocycles. The van der Waals surface area contributed by atoms with E-state index in [1.165, 1.54) is 0 Å². The van der Waals surface area contributed by atoms with Crippen LogP contribution in [0.5, 0.6) is 0 Å². The lowest BCUT2D eigenvalue weighted by Gasteiger charge is -2.18. The van der Waals surface area contributed by atoms with Crippen LogP contribution in [0.3, 0.4) is 0 Å². The summed E-state index contributed by atoms with van der Waals surface area (Å²) < 4.78 is 4.94. The molecule has 1 rings (SSSR count). The van der Waals surface area contributed by atoms with Crippen molar-refractivity contribution in [1.29, 1.82) is 0 Å². The summed E-state index contributed by atoms with van der Waals surface area (Å²) in [4.78, 5) is 14.7. The number of aromatic nitrogens is 1. The molecular weight excluding hydrogens is 314 g/mol. The summed E-state index contributed by atoms with van der Waals surface area (Å²) in [5, 5.41) is 20.6. The van der Waals surface area contributed by atoms with Crippen molar-refractivity contribution in [2.24, 2.45) is 0 Å². The Hall–Kier alpha value is -0.850. The van der Waals surface area contributed by atoms with Crippen LogP contribution in [-0.4, -0.2) is 39.2 Å². The minimum Gasteiger partial charge on any atom is -0.461 e. The number of nitrogens with one attached hydrogen (secondary N) is 1. The Kier molecular flexibility index (Phi) is 6.03. The van der Waals surface area contributed by atoms with Crippen LogP contribution >= 0.6 is 15.9 Å². The summed E-state index contributed by atoms with van der Waals surface area (Å²) in [6.45, 7) is 5.52. The predicted molar refractivity (Wildman–Crippen MR) is 75.6 cm³/mol. The highest BCUT2D eigenvalue weighted by Crippen LogP contribution is 2.28. The smallest absolute Gasteiger partial charge is 0.355 e. The Morgan fingerprint density at radius 1 is 1.42 bits per heavy atom. The molecule has 0 aliphatic rings. The van der Waals surface area contributed by atoms with Gasteiger partial charge in [-0.2, -0.15) is 0 Å². The van der Waals surface area contributed by atoms with Gasteiger partial charge in [-0.1, -0.05) is 15.9 Å². The van der Waals surface area contributed by atoms with E-state index in [1.807, 2.05) is 0 Å². The van der Waals surface area contributed by atoms with Gasteiger partial charge in [0.1, 0.15) is 11.8 Å². The minimum absolute atomic E-state index is 0.292. The monoisotopic (exact) mass is 333 g/mol. The second-order valence-corrected chi connectivity index (χ2v) is 5.17. The van der Waals surface area contributed by atoms with Crippen molar-refractivity contribution in [3.63, 3.8) is 0 Å². The standard InChI is InChI=1S/C13H20BrNO4/c1-4-19-13(18)11-7(2)10(8(3)15-11)12(17)9(16)5-6-14/h9,12,15-17H,4-6H2,1-3H3. The number of H-pyrrole nitrogens is 1. The summed E-state index contributed by atoms with van der Waals surface area (Å²) in [5.74, 6) is -0.448. The molecule has 2 unspecified atom stereocenters. The van der Waals surface area contributed by atoms with Crippen LogP contribution in [0.25, 0.3) is 0 Å². The van der Waals surface area contributed by atoms with Crippen molar-refractivity contribution in [1.82, 2.24) is 4.98 Å². The Balaban J connectivity index is 3.06. The van der Waals surface area contributed by atoms with E-state index in [0.717, 1.165) is 0 Å². The van der Waals surface area contributed by atoms with Crippen LogP contribution in [-0.2, 0) is 4.74 Å². The first-order valence-corrected chi connectivity index (χ1v) is 7.34. The molecule has 0 fully saturated rings. The molecule has 6 heteroatoms. The first-order valence-electron chi connectivity index (χ1n) is 6.22. The topological polar surface area (TPSA) is 82.6 Å². The van der Waals surface area contributed by atoms with Crippen LogP contribution in [0.2, 0.25) is 0 Å². The maximum atomic E-state index is 11.7. The molecule has 3 N–H and O–H groups in total. The number of aromatic amines is 1. The largest absolute Gasteiger partial charge is 0.461 e. The number of aliphatic hydroxyl groups is 2. The number of carbonyl (C=O) groups excluding carboxylic acids is 1. The van der Waals surface area contributed by atoms with E-state index >= 15 is 0 Å². The third-order valence-corrected chi connectivity index (χ3v) is 3.50. The number of carbonyl (C=O) groups is 1. The normalized spacial score (nSPS) is 14.2. The van der Waals surface area contributed by atoms with Gasteiger partial charge in [-0.15, -0.1) is 0 Å². The zero-order chi connectivity index (χ0) is 14.6. The zero-order valence-electron chi connectivity index (χ0n) is 11.4. The van der Waals surface area contributed by atoms with E-state index in [9.17, 15) is 15.0 Å². The van der Waals surface area contributed by atoms with Crippen LogP contribution in [0, 0.1) is 13.8 Å². The molecule has 0 amide bonds. The number of hydrogen-bond acceptors (Lipinski definition) is 4. The average molecular weight is 334 g/mol. The number of alkyl halides is 1. The first-order chi connectivity index (χ1) is 8.93. The summed E-state index contributed by atoms with van der Waals surface area (Å²) in [6.07, 6.45) is -1.46. The SMILES string of the molecule is CCOC(=O)c1[nH]c(C)c(C(O)C(O)CCBr)c1C. The summed E-state index contributed by atoms with van der Waals surface area (Å²) in [5.41, 5.74) is 2.19. The predicted octanol–water partition coefficient (Wildman–Crippen LogP) is 1.99. The molecule has 0 saturated carbocycles. The molecule has 5 nitrogen and oxygen atoms in total.